The lowest BCUT2D eigenvalue weighted by atomic mass is 10.2. The molecular weight excluding hydrogens is 365 g/mol. The van der Waals surface area contributed by atoms with E-state index in [0.717, 1.165) is 6.07 Å². The molecule has 0 saturated heterocycles. The maximum Gasteiger partial charge on any atom is 0.408 e. The van der Waals surface area contributed by atoms with Crippen LogP contribution < -0.4 is 10.6 Å². The van der Waals surface area contributed by atoms with Crippen LogP contribution in [0.15, 0.2) is 12.3 Å². The number of halogens is 2. The molecule has 0 fully saturated rings. The van der Waals surface area contributed by atoms with E-state index in [1.807, 2.05) is 0 Å². The summed E-state index contributed by atoms with van der Waals surface area (Å²) in [5.41, 5.74) is -1.28. The molecular formula is C17H25ClFN3O4. The van der Waals surface area contributed by atoms with E-state index < -0.39 is 35.1 Å². The minimum absolute atomic E-state index is 0.0972. The van der Waals surface area contributed by atoms with Crippen LogP contribution in [0.2, 0.25) is 5.02 Å². The largest absolute Gasteiger partial charge is 0.444 e. The van der Waals surface area contributed by atoms with Crippen molar-refractivity contribution in [3.8, 4) is 0 Å². The maximum atomic E-state index is 13.8. The number of nitrogens with zero attached hydrogens (tertiary/aromatic N) is 1. The number of alkyl carbamates (subject to hydrolysis) is 1. The molecule has 1 heterocycles. The van der Waals surface area contributed by atoms with Crippen molar-refractivity contribution >= 4 is 29.4 Å². The molecule has 2 amide bonds. The van der Waals surface area contributed by atoms with Crippen LogP contribution in [-0.4, -0.2) is 40.8 Å². The van der Waals surface area contributed by atoms with E-state index in [2.05, 4.69) is 15.6 Å². The van der Waals surface area contributed by atoms with Crippen LogP contribution in [0, 0.1) is 5.82 Å². The average Bonchev–Trinajstić information content (AvgIpc) is 2.43. The van der Waals surface area contributed by atoms with E-state index in [1.165, 1.54) is 6.20 Å². The second kappa shape index (κ2) is 8.64. The standard InChI is InChI=1S/C17H25ClFN3O4/c1-16(2,3)25-9-12(21-15(24)26-17(4,5)6)14(23)22-13-11(19)7-10(18)8-20-13/h7-8,12H,9H2,1-6H3,(H,21,24)(H,20,22,23)/t12-/m0/s1. The van der Waals surface area contributed by atoms with Gasteiger partial charge in [0.05, 0.1) is 17.2 Å². The predicted molar refractivity (Wildman–Crippen MR) is 96.7 cm³/mol. The van der Waals surface area contributed by atoms with E-state index in [4.69, 9.17) is 21.1 Å². The highest BCUT2D eigenvalue weighted by molar-refractivity contribution is 6.30. The fourth-order valence-electron chi connectivity index (χ4n) is 1.68. The second-order valence-corrected chi connectivity index (χ2v) is 8.03. The number of carbonyl (C=O) groups excluding carboxylic acids is 2. The van der Waals surface area contributed by atoms with Gasteiger partial charge in [-0.1, -0.05) is 11.6 Å². The highest BCUT2D eigenvalue weighted by atomic mass is 35.5. The Morgan fingerprint density at radius 2 is 1.85 bits per heavy atom. The lowest BCUT2D eigenvalue weighted by molar-refractivity contribution is -0.121. The zero-order chi connectivity index (χ0) is 20.1. The molecule has 0 aromatic carbocycles. The van der Waals surface area contributed by atoms with Crippen molar-refractivity contribution < 1.29 is 23.5 Å². The molecule has 1 rings (SSSR count). The summed E-state index contributed by atoms with van der Waals surface area (Å²) in [6.45, 7) is 10.4. The molecule has 0 saturated carbocycles. The topological polar surface area (TPSA) is 89.5 Å². The summed E-state index contributed by atoms with van der Waals surface area (Å²) < 4.78 is 24.5. The first-order chi connectivity index (χ1) is 11.8. The minimum Gasteiger partial charge on any atom is -0.444 e. The number of rotatable bonds is 5. The van der Waals surface area contributed by atoms with Crippen LogP contribution in [-0.2, 0) is 14.3 Å². The van der Waals surface area contributed by atoms with E-state index >= 15 is 0 Å². The zero-order valence-corrected chi connectivity index (χ0v) is 16.5. The molecule has 2 N–H and O–H groups in total. The Morgan fingerprint density at radius 3 is 2.35 bits per heavy atom. The van der Waals surface area contributed by atoms with Gasteiger partial charge in [0.1, 0.15) is 11.6 Å². The number of hydrogen-bond donors (Lipinski definition) is 2. The van der Waals surface area contributed by atoms with Crippen LogP contribution in [0.3, 0.4) is 0 Å². The van der Waals surface area contributed by atoms with Gasteiger partial charge in [0.2, 0.25) is 0 Å². The van der Waals surface area contributed by atoms with Crippen molar-refractivity contribution in [1.82, 2.24) is 10.3 Å². The van der Waals surface area contributed by atoms with Crippen molar-refractivity contribution in [3.63, 3.8) is 0 Å². The quantitative estimate of drug-likeness (QED) is 0.804. The van der Waals surface area contributed by atoms with E-state index in [-0.39, 0.29) is 17.4 Å². The van der Waals surface area contributed by atoms with Gasteiger partial charge in [-0.25, -0.2) is 14.2 Å². The highest BCUT2D eigenvalue weighted by Gasteiger charge is 2.27. The Balaban J connectivity index is 2.87. The molecule has 9 heteroatoms. The SMILES string of the molecule is CC(C)(C)OC[C@H](NC(=O)OC(C)(C)C)C(=O)Nc1ncc(Cl)cc1F. The molecule has 0 aliphatic carbocycles. The zero-order valence-electron chi connectivity index (χ0n) is 15.8. The first kappa shape index (κ1) is 22.1. The molecule has 0 spiro atoms. The molecule has 0 bridgehead atoms. The Hall–Kier alpha value is -1.93. The molecule has 1 aromatic rings. The lowest BCUT2D eigenvalue weighted by Crippen LogP contribution is -2.49. The Labute approximate surface area is 157 Å². The van der Waals surface area contributed by atoms with Gasteiger partial charge < -0.3 is 20.1 Å². The normalized spacial score (nSPS) is 13.1. The smallest absolute Gasteiger partial charge is 0.408 e. The maximum absolute atomic E-state index is 13.8. The number of anilines is 1. The summed E-state index contributed by atoms with van der Waals surface area (Å²) in [4.78, 5) is 28.2. The van der Waals surface area contributed by atoms with E-state index in [0.29, 0.717) is 0 Å². The molecule has 0 aliphatic rings. The number of nitrogens with one attached hydrogen (secondary N) is 2. The lowest BCUT2D eigenvalue weighted by Gasteiger charge is -2.26. The van der Waals surface area contributed by atoms with E-state index in [1.54, 1.807) is 41.5 Å². The van der Waals surface area contributed by atoms with Gasteiger partial charge in [-0.05, 0) is 47.6 Å². The monoisotopic (exact) mass is 389 g/mol. The van der Waals surface area contributed by atoms with Gasteiger partial charge in [0.15, 0.2) is 11.6 Å². The number of amides is 2. The van der Waals surface area contributed by atoms with Gasteiger partial charge in [0, 0.05) is 6.20 Å². The van der Waals surface area contributed by atoms with Gasteiger partial charge in [-0.2, -0.15) is 0 Å². The summed E-state index contributed by atoms with van der Waals surface area (Å²) in [6, 6.07) is -0.0903. The van der Waals surface area contributed by atoms with Gasteiger partial charge >= 0.3 is 6.09 Å². The van der Waals surface area contributed by atoms with Crippen molar-refractivity contribution in [2.24, 2.45) is 0 Å². The molecule has 1 aromatic heterocycles. The van der Waals surface area contributed by atoms with Gasteiger partial charge in [0.25, 0.3) is 5.91 Å². The van der Waals surface area contributed by atoms with Gasteiger partial charge in [-0.15, -0.1) is 0 Å². The highest BCUT2D eigenvalue weighted by Crippen LogP contribution is 2.16. The second-order valence-electron chi connectivity index (χ2n) is 7.60. The number of aromatic nitrogens is 1. The summed E-state index contributed by atoms with van der Waals surface area (Å²) in [7, 11) is 0. The Kier molecular flexibility index (Phi) is 7.35. The average molecular weight is 390 g/mol. The fourth-order valence-corrected chi connectivity index (χ4v) is 1.82. The fraction of sp³-hybridized carbons (Fsp3) is 0.588. The van der Waals surface area contributed by atoms with Crippen molar-refractivity contribution in [2.75, 3.05) is 11.9 Å². The van der Waals surface area contributed by atoms with Crippen LogP contribution in [0.25, 0.3) is 0 Å². The number of ether oxygens (including phenoxy) is 2. The van der Waals surface area contributed by atoms with Gasteiger partial charge in [-0.3, -0.25) is 4.79 Å². The summed E-state index contributed by atoms with van der Waals surface area (Å²) in [5, 5.41) is 4.83. The summed E-state index contributed by atoms with van der Waals surface area (Å²) >= 11 is 5.64. The first-order valence-corrected chi connectivity index (χ1v) is 8.40. The van der Waals surface area contributed by atoms with Crippen molar-refractivity contribution in [3.05, 3.63) is 23.1 Å². The number of carbonyl (C=O) groups is 2. The van der Waals surface area contributed by atoms with Crippen molar-refractivity contribution in [2.45, 2.75) is 58.8 Å². The first-order valence-electron chi connectivity index (χ1n) is 8.02. The van der Waals surface area contributed by atoms with Crippen LogP contribution in [0.1, 0.15) is 41.5 Å². The molecule has 146 valence electrons. The summed E-state index contributed by atoms with van der Waals surface area (Å²) in [5.74, 6) is -1.79. The summed E-state index contributed by atoms with van der Waals surface area (Å²) in [6.07, 6.45) is 0.405. The Morgan fingerprint density at radius 1 is 1.23 bits per heavy atom. The van der Waals surface area contributed by atoms with E-state index in [9.17, 15) is 14.0 Å². The molecule has 0 unspecified atom stereocenters. The molecule has 0 radical (unpaired) electrons. The molecule has 1 atom stereocenters. The van der Waals surface area contributed by atoms with Crippen LogP contribution >= 0.6 is 11.6 Å². The third-order valence-electron chi connectivity index (χ3n) is 2.74. The Bertz CT molecular complexity index is 656. The molecule has 0 aliphatic heterocycles. The third-order valence-corrected chi connectivity index (χ3v) is 2.95. The van der Waals surface area contributed by atoms with Crippen molar-refractivity contribution in [1.29, 1.82) is 0 Å². The third kappa shape index (κ3) is 8.44. The number of pyridine rings is 1. The van der Waals surface area contributed by atoms with Crippen LogP contribution in [0.5, 0.6) is 0 Å². The minimum atomic E-state index is -1.11. The molecule has 7 nitrogen and oxygen atoms in total. The number of hydrogen-bond acceptors (Lipinski definition) is 5. The molecule has 26 heavy (non-hydrogen) atoms. The van der Waals surface area contributed by atoms with Crippen LogP contribution in [0.4, 0.5) is 15.0 Å². The predicted octanol–water partition coefficient (Wildman–Crippen LogP) is 3.52.